The number of aromatic hydroxyl groups is 1. The highest BCUT2D eigenvalue weighted by atomic mass is 16.6. The smallest absolute Gasteiger partial charge is 0.274 e. The van der Waals surface area contributed by atoms with E-state index in [9.17, 15) is 20.0 Å². The number of para-hydroxylation sites is 1. The lowest BCUT2D eigenvalue weighted by molar-refractivity contribution is -0.385. The monoisotopic (exact) mass is 300 g/mol. The molecule has 114 valence electrons. The van der Waals surface area contributed by atoms with Crippen molar-refractivity contribution in [3.8, 4) is 5.75 Å². The lowest BCUT2D eigenvalue weighted by atomic mass is 10.1. The third kappa shape index (κ3) is 3.41. The van der Waals surface area contributed by atoms with Gasteiger partial charge in [0.15, 0.2) is 0 Å². The Labute approximate surface area is 127 Å². The number of hydrogen-bond donors (Lipinski definition) is 2. The molecule has 6 nitrogen and oxygen atoms in total. The van der Waals surface area contributed by atoms with E-state index in [1.165, 1.54) is 12.1 Å². The highest BCUT2D eigenvalue weighted by Crippen LogP contribution is 2.20. The van der Waals surface area contributed by atoms with Gasteiger partial charge in [-0.1, -0.05) is 31.2 Å². The topological polar surface area (TPSA) is 92.5 Å². The summed E-state index contributed by atoms with van der Waals surface area (Å²) in [4.78, 5) is 22.6. The van der Waals surface area contributed by atoms with Crippen molar-refractivity contribution in [3.05, 3.63) is 69.3 Å². The molecule has 0 unspecified atom stereocenters. The van der Waals surface area contributed by atoms with Gasteiger partial charge >= 0.3 is 0 Å². The van der Waals surface area contributed by atoms with E-state index in [-0.39, 0.29) is 23.5 Å². The number of rotatable bonds is 5. The van der Waals surface area contributed by atoms with Gasteiger partial charge in [0.2, 0.25) is 0 Å². The number of aryl methyl sites for hydroxylation is 1. The Morgan fingerprint density at radius 2 is 2.00 bits per heavy atom. The number of carbonyl (C=O) groups is 1. The van der Waals surface area contributed by atoms with Crippen molar-refractivity contribution in [2.45, 2.75) is 19.9 Å². The van der Waals surface area contributed by atoms with Gasteiger partial charge in [-0.3, -0.25) is 14.9 Å². The van der Waals surface area contributed by atoms with Crippen LogP contribution in [-0.2, 0) is 13.0 Å². The number of phenols is 1. The molecule has 2 rings (SSSR count). The Balaban J connectivity index is 2.15. The summed E-state index contributed by atoms with van der Waals surface area (Å²) in [5, 5.41) is 23.3. The largest absolute Gasteiger partial charge is 0.507 e. The maximum Gasteiger partial charge on any atom is 0.274 e. The van der Waals surface area contributed by atoms with Gasteiger partial charge in [-0.25, -0.2) is 0 Å². The summed E-state index contributed by atoms with van der Waals surface area (Å²) in [6, 6.07) is 11.0. The normalized spacial score (nSPS) is 10.2. The van der Waals surface area contributed by atoms with E-state index in [4.69, 9.17) is 0 Å². The van der Waals surface area contributed by atoms with Crippen LogP contribution in [0.15, 0.2) is 42.5 Å². The number of phenolic OH excluding ortho intramolecular Hbond substituents is 1. The average molecular weight is 300 g/mol. The van der Waals surface area contributed by atoms with Gasteiger partial charge in [0.05, 0.1) is 10.5 Å². The van der Waals surface area contributed by atoms with E-state index in [0.717, 1.165) is 12.0 Å². The molecule has 1 amide bonds. The van der Waals surface area contributed by atoms with Gasteiger partial charge in [-0.2, -0.15) is 0 Å². The van der Waals surface area contributed by atoms with Crippen LogP contribution in [0, 0.1) is 10.1 Å². The van der Waals surface area contributed by atoms with Crippen LogP contribution in [0.1, 0.15) is 28.4 Å². The first-order chi connectivity index (χ1) is 10.5. The molecule has 0 spiro atoms. The van der Waals surface area contributed by atoms with Gasteiger partial charge in [0.25, 0.3) is 11.6 Å². The lowest BCUT2D eigenvalue weighted by Crippen LogP contribution is -2.23. The maximum absolute atomic E-state index is 12.1. The van der Waals surface area contributed by atoms with E-state index in [2.05, 4.69) is 5.32 Å². The van der Waals surface area contributed by atoms with Crippen LogP contribution in [0.3, 0.4) is 0 Å². The number of benzene rings is 2. The van der Waals surface area contributed by atoms with E-state index in [0.29, 0.717) is 5.56 Å². The third-order valence-electron chi connectivity index (χ3n) is 3.34. The van der Waals surface area contributed by atoms with Crippen LogP contribution in [0.4, 0.5) is 5.69 Å². The second-order valence-corrected chi connectivity index (χ2v) is 4.77. The fraction of sp³-hybridized carbons (Fsp3) is 0.188. The molecule has 0 aliphatic heterocycles. The summed E-state index contributed by atoms with van der Waals surface area (Å²) in [5.41, 5.74) is 1.45. The second-order valence-electron chi connectivity index (χ2n) is 4.77. The molecule has 6 heteroatoms. The first-order valence-corrected chi connectivity index (χ1v) is 6.85. The Morgan fingerprint density at radius 1 is 1.27 bits per heavy atom. The zero-order chi connectivity index (χ0) is 16.1. The van der Waals surface area contributed by atoms with Gasteiger partial charge < -0.3 is 10.4 Å². The number of amides is 1. The zero-order valence-corrected chi connectivity index (χ0v) is 12.1. The first kappa shape index (κ1) is 15.5. The van der Waals surface area contributed by atoms with Crippen LogP contribution in [0.2, 0.25) is 0 Å². The molecule has 0 saturated carbocycles. The molecule has 0 atom stereocenters. The second kappa shape index (κ2) is 6.71. The number of hydrogen-bond acceptors (Lipinski definition) is 4. The summed E-state index contributed by atoms with van der Waals surface area (Å²) in [6.07, 6.45) is 0.741. The van der Waals surface area contributed by atoms with Crippen molar-refractivity contribution in [1.82, 2.24) is 5.32 Å². The minimum Gasteiger partial charge on any atom is -0.507 e. The maximum atomic E-state index is 12.1. The molecule has 2 N–H and O–H groups in total. The molecule has 0 saturated heterocycles. The fourth-order valence-corrected chi connectivity index (χ4v) is 2.09. The van der Waals surface area contributed by atoms with Gasteiger partial charge in [-0.15, -0.1) is 0 Å². The number of nitrogens with zero attached hydrogens (tertiary/aromatic N) is 1. The zero-order valence-electron chi connectivity index (χ0n) is 12.1. The molecule has 0 aliphatic carbocycles. The quantitative estimate of drug-likeness (QED) is 0.656. The van der Waals surface area contributed by atoms with Crippen LogP contribution < -0.4 is 5.32 Å². The highest BCUT2D eigenvalue weighted by molar-refractivity contribution is 5.97. The van der Waals surface area contributed by atoms with E-state index in [1.54, 1.807) is 30.3 Å². The van der Waals surface area contributed by atoms with Crippen molar-refractivity contribution >= 4 is 11.6 Å². The molecule has 2 aromatic carbocycles. The van der Waals surface area contributed by atoms with E-state index < -0.39 is 10.8 Å². The van der Waals surface area contributed by atoms with Crippen molar-refractivity contribution < 1.29 is 14.8 Å². The lowest BCUT2D eigenvalue weighted by Gasteiger charge is -2.08. The molecule has 0 aromatic heterocycles. The van der Waals surface area contributed by atoms with E-state index in [1.807, 2.05) is 6.92 Å². The summed E-state index contributed by atoms with van der Waals surface area (Å²) in [7, 11) is 0. The molecule has 2 aromatic rings. The van der Waals surface area contributed by atoms with Gasteiger partial charge in [-0.05, 0) is 24.1 Å². The summed E-state index contributed by atoms with van der Waals surface area (Å²) >= 11 is 0. The molecule has 0 bridgehead atoms. The first-order valence-electron chi connectivity index (χ1n) is 6.85. The number of nitro benzene ring substituents is 1. The van der Waals surface area contributed by atoms with Crippen LogP contribution in [0.5, 0.6) is 5.75 Å². The van der Waals surface area contributed by atoms with Crippen molar-refractivity contribution in [2.75, 3.05) is 0 Å². The summed E-state index contributed by atoms with van der Waals surface area (Å²) < 4.78 is 0. The Kier molecular flexibility index (Phi) is 4.73. The van der Waals surface area contributed by atoms with Gasteiger partial charge in [0.1, 0.15) is 5.75 Å². The predicted molar refractivity (Wildman–Crippen MR) is 81.8 cm³/mol. The molecule has 0 heterocycles. The highest BCUT2D eigenvalue weighted by Gasteiger charge is 2.15. The van der Waals surface area contributed by atoms with Gasteiger partial charge in [0, 0.05) is 18.2 Å². The molecule has 22 heavy (non-hydrogen) atoms. The molecule has 0 radical (unpaired) electrons. The van der Waals surface area contributed by atoms with E-state index >= 15 is 0 Å². The minimum absolute atomic E-state index is 0.0196. The number of nitro groups is 1. The molecule has 0 fully saturated rings. The number of nitrogens with one attached hydrogen (secondary N) is 1. The molecular weight excluding hydrogens is 284 g/mol. The van der Waals surface area contributed by atoms with Crippen molar-refractivity contribution in [1.29, 1.82) is 0 Å². The third-order valence-corrected chi connectivity index (χ3v) is 3.34. The number of carbonyl (C=O) groups excluding carboxylic acids is 1. The standard InChI is InChI=1S/C16H16N2O4/c1-2-11-7-8-15(19)13(9-11)16(20)17-10-12-5-3-4-6-14(12)18(21)22/h3-9,19H,2,10H2,1H3,(H,17,20). The van der Waals surface area contributed by atoms with Crippen LogP contribution in [0.25, 0.3) is 0 Å². The van der Waals surface area contributed by atoms with Crippen LogP contribution in [-0.4, -0.2) is 15.9 Å². The predicted octanol–water partition coefficient (Wildman–Crippen LogP) is 2.79. The Bertz CT molecular complexity index is 713. The average Bonchev–Trinajstić information content (AvgIpc) is 2.53. The van der Waals surface area contributed by atoms with Crippen molar-refractivity contribution in [2.24, 2.45) is 0 Å². The molecule has 0 aliphatic rings. The SMILES string of the molecule is CCc1ccc(O)c(C(=O)NCc2ccccc2[N+](=O)[O-])c1. The Morgan fingerprint density at radius 3 is 2.68 bits per heavy atom. The minimum atomic E-state index is -0.489. The summed E-state index contributed by atoms with van der Waals surface area (Å²) in [6.45, 7) is 1.97. The fourth-order valence-electron chi connectivity index (χ4n) is 2.09. The summed E-state index contributed by atoms with van der Waals surface area (Å²) in [5.74, 6) is -0.580. The van der Waals surface area contributed by atoms with Crippen LogP contribution >= 0.6 is 0 Å². The van der Waals surface area contributed by atoms with Crippen molar-refractivity contribution in [3.63, 3.8) is 0 Å². The Hall–Kier alpha value is -2.89. The molecular formula is C16H16N2O4.